The first-order chi connectivity index (χ1) is 10.0. The number of nitrogens with zero attached hydrogens (tertiary/aromatic N) is 1. The molecule has 2 aromatic rings. The SMILES string of the molecule is NNC(=Nc1ccccc1C(F)(F)F)Nc1ccccc1. The maximum Gasteiger partial charge on any atom is 0.418 e. The molecule has 2 aromatic carbocycles. The molecule has 0 bridgehead atoms. The lowest BCUT2D eigenvalue weighted by atomic mass is 10.2. The Morgan fingerprint density at radius 2 is 1.57 bits per heavy atom. The Kier molecular flexibility index (Phi) is 4.44. The summed E-state index contributed by atoms with van der Waals surface area (Å²) < 4.78 is 38.7. The third-order valence-corrected chi connectivity index (χ3v) is 2.61. The summed E-state index contributed by atoms with van der Waals surface area (Å²) in [5.74, 6) is 5.31. The first kappa shape index (κ1) is 14.9. The van der Waals surface area contributed by atoms with Crippen molar-refractivity contribution in [2.75, 3.05) is 5.32 Å². The number of halogens is 3. The molecule has 4 nitrogen and oxygen atoms in total. The van der Waals surface area contributed by atoms with Crippen molar-refractivity contribution < 1.29 is 13.2 Å². The van der Waals surface area contributed by atoms with Gasteiger partial charge in [0.2, 0.25) is 5.96 Å². The molecule has 0 atom stereocenters. The van der Waals surface area contributed by atoms with Crippen LogP contribution >= 0.6 is 0 Å². The van der Waals surface area contributed by atoms with E-state index in [9.17, 15) is 13.2 Å². The van der Waals surface area contributed by atoms with Crippen LogP contribution < -0.4 is 16.6 Å². The van der Waals surface area contributed by atoms with E-state index < -0.39 is 11.7 Å². The Bertz CT molecular complexity index is 624. The zero-order chi connectivity index (χ0) is 15.3. The van der Waals surface area contributed by atoms with Crippen LogP contribution in [0.4, 0.5) is 24.5 Å². The highest BCUT2D eigenvalue weighted by Gasteiger charge is 2.33. The maximum atomic E-state index is 12.9. The number of nitrogens with one attached hydrogen (secondary N) is 2. The Balaban J connectivity index is 2.33. The van der Waals surface area contributed by atoms with Crippen molar-refractivity contribution in [1.29, 1.82) is 0 Å². The van der Waals surface area contributed by atoms with Gasteiger partial charge in [-0.1, -0.05) is 30.3 Å². The van der Waals surface area contributed by atoms with Gasteiger partial charge in [-0.2, -0.15) is 13.2 Å². The third kappa shape index (κ3) is 3.96. The van der Waals surface area contributed by atoms with Crippen molar-refractivity contribution in [3.05, 3.63) is 60.2 Å². The molecule has 0 amide bonds. The predicted octanol–water partition coefficient (Wildman–Crippen LogP) is 3.27. The van der Waals surface area contributed by atoms with Gasteiger partial charge in [-0.15, -0.1) is 0 Å². The van der Waals surface area contributed by atoms with Crippen LogP contribution in [-0.2, 0) is 6.18 Å². The fourth-order valence-electron chi connectivity index (χ4n) is 1.69. The lowest BCUT2D eigenvalue weighted by Crippen LogP contribution is -2.36. The summed E-state index contributed by atoms with van der Waals surface area (Å²) in [6.07, 6.45) is -4.48. The van der Waals surface area contributed by atoms with E-state index >= 15 is 0 Å². The molecule has 0 aliphatic carbocycles. The summed E-state index contributed by atoms with van der Waals surface area (Å²) >= 11 is 0. The fraction of sp³-hybridized carbons (Fsp3) is 0.0714. The highest BCUT2D eigenvalue weighted by atomic mass is 19.4. The maximum absolute atomic E-state index is 12.9. The zero-order valence-electron chi connectivity index (χ0n) is 10.9. The van der Waals surface area contributed by atoms with Crippen LogP contribution in [0.15, 0.2) is 59.6 Å². The number of benzene rings is 2. The van der Waals surface area contributed by atoms with Gasteiger partial charge in [-0.25, -0.2) is 10.8 Å². The highest BCUT2D eigenvalue weighted by molar-refractivity contribution is 5.95. The first-order valence-electron chi connectivity index (χ1n) is 6.04. The van der Waals surface area contributed by atoms with E-state index in [4.69, 9.17) is 5.84 Å². The number of guanidine groups is 1. The molecule has 0 saturated carbocycles. The molecule has 0 fully saturated rings. The minimum atomic E-state index is -4.48. The van der Waals surface area contributed by atoms with Gasteiger partial charge in [0.1, 0.15) is 0 Å². The number of anilines is 1. The van der Waals surface area contributed by atoms with Crippen LogP contribution in [0, 0.1) is 0 Å². The molecule has 0 aliphatic heterocycles. The van der Waals surface area contributed by atoms with Gasteiger partial charge < -0.3 is 5.32 Å². The van der Waals surface area contributed by atoms with E-state index in [1.165, 1.54) is 18.2 Å². The van der Waals surface area contributed by atoms with Crippen LogP contribution in [0.25, 0.3) is 0 Å². The second-order valence-electron chi connectivity index (χ2n) is 4.11. The summed E-state index contributed by atoms with van der Waals surface area (Å²) in [6, 6.07) is 13.9. The molecule has 0 spiro atoms. The largest absolute Gasteiger partial charge is 0.418 e. The molecule has 0 aliphatic rings. The number of hydrogen-bond acceptors (Lipinski definition) is 2. The van der Waals surface area contributed by atoms with Gasteiger partial charge in [0.15, 0.2) is 0 Å². The van der Waals surface area contributed by atoms with Crippen molar-refractivity contribution in [2.45, 2.75) is 6.18 Å². The van der Waals surface area contributed by atoms with Crippen LogP contribution in [0.5, 0.6) is 0 Å². The van der Waals surface area contributed by atoms with Gasteiger partial charge in [-0.3, -0.25) is 5.43 Å². The average molecular weight is 294 g/mol. The predicted molar refractivity (Wildman–Crippen MR) is 75.9 cm³/mol. The summed E-state index contributed by atoms with van der Waals surface area (Å²) in [5.41, 5.74) is 1.85. The lowest BCUT2D eigenvalue weighted by molar-refractivity contribution is -0.137. The number of hydrazine groups is 1. The summed E-state index contributed by atoms with van der Waals surface area (Å²) in [5, 5.41) is 2.80. The van der Waals surface area contributed by atoms with Crippen molar-refractivity contribution >= 4 is 17.3 Å². The second-order valence-corrected chi connectivity index (χ2v) is 4.11. The van der Waals surface area contributed by atoms with E-state index in [2.05, 4.69) is 15.7 Å². The molecule has 21 heavy (non-hydrogen) atoms. The van der Waals surface area contributed by atoms with Crippen LogP contribution in [0.2, 0.25) is 0 Å². The standard InChI is InChI=1S/C14H13F3N4/c15-14(16,17)11-8-4-5-9-12(11)20-13(21-18)19-10-6-2-1-3-7-10/h1-9H,18H2,(H2,19,20,21). The van der Waals surface area contributed by atoms with E-state index in [-0.39, 0.29) is 11.6 Å². The van der Waals surface area contributed by atoms with Gasteiger partial charge >= 0.3 is 6.18 Å². The highest BCUT2D eigenvalue weighted by Crippen LogP contribution is 2.35. The van der Waals surface area contributed by atoms with E-state index in [1.54, 1.807) is 24.3 Å². The van der Waals surface area contributed by atoms with Crippen LogP contribution in [0.3, 0.4) is 0 Å². The molecule has 2 rings (SSSR count). The summed E-state index contributed by atoms with van der Waals surface area (Å²) in [4.78, 5) is 3.89. The molecule has 0 unspecified atom stereocenters. The van der Waals surface area contributed by atoms with Gasteiger partial charge in [0, 0.05) is 5.69 Å². The second kappa shape index (κ2) is 6.27. The molecule has 0 aromatic heterocycles. The zero-order valence-corrected chi connectivity index (χ0v) is 10.9. The monoisotopic (exact) mass is 294 g/mol. The fourth-order valence-corrected chi connectivity index (χ4v) is 1.69. The number of alkyl halides is 3. The minimum absolute atomic E-state index is 0.0119. The van der Waals surface area contributed by atoms with E-state index in [0.717, 1.165) is 6.07 Å². The topological polar surface area (TPSA) is 62.4 Å². The smallest absolute Gasteiger partial charge is 0.325 e. The summed E-state index contributed by atoms with van der Waals surface area (Å²) in [7, 11) is 0. The Hall–Kier alpha value is -2.54. The summed E-state index contributed by atoms with van der Waals surface area (Å²) in [6.45, 7) is 0. The number of aliphatic imine (C=N–C) groups is 1. The Labute approximate surface area is 119 Å². The number of nitrogens with two attached hydrogens (primary N) is 1. The van der Waals surface area contributed by atoms with Crippen LogP contribution in [0.1, 0.15) is 5.56 Å². The minimum Gasteiger partial charge on any atom is -0.325 e. The van der Waals surface area contributed by atoms with Crippen molar-refractivity contribution in [3.63, 3.8) is 0 Å². The molecule has 0 saturated heterocycles. The normalized spacial score (nSPS) is 12.1. The van der Waals surface area contributed by atoms with Gasteiger partial charge in [0.25, 0.3) is 0 Å². The van der Waals surface area contributed by atoms with E-state index in [1.807, 2.05) is 6.07 Å². The van der Waals surface area contributed by atoms with Crippen LogP contribution in [-0.4, -0.2) is 5.96 Å². The molecule has 7 heteroatoms. The van der Waals surface area contributed by atoms with Crippen molar-refractivity contribution in [2.24, 2.45) is 10.8 Å². The Morgan fingerprint density at radius 1 is 0.952 bits per heavy atom. The van der Waals surface area contributed by atoms with Gasteiger partial charge in [0.05, 0.1) is 11.3 Å². The lowest BCUT2D eigenvalue weighted by Gasteiger charge is -2.12. The number of rotatable bonds is 2. The third-order valence-electron chi connectivity index (χ3n) is 2.61. The molecule has 110 valence electrons. The average Bonchev–Trinajstić information content (AvgIpc) is 2.47. The molecule has 0 heterocycles. The number of para-hydroxylation sites is 2. The van der Waals surface area contributed by atoms with E-state index in [0.29, 0.717) is 5.69 Å². The number of hydrogen-bond donors (Lipinski definition) is 3. The molecular weight excluding hydrogens is 281 g/mol. The molecular formula is C14H13F3N4. The Morgan fingerprint density at radius 3 is 2.19 bits per heavy atom. The van der Waals surface area contributed by atoms with Crippen molar-refractivity contribution in [1.82, 2.24) is 5.43 Å². The first-order valence-corrected chi connectivity index (χ1v) is 6.04. The molecule has 4 N–H and O–H groups in total. The van der Waals surface area contributed by atoms with Crippen molar-refractivity contribution in [3.8, 4) is 0 Å². The quantitative estimate of drug-likeness (QED) is 0.345. The van der Waals surface area contributed by atoms with Gasteiger partial charge in [-0.05, 0) is 24.3 Å². The molecule has 0 radical (unpaired) electrons.